The van der Waals surface area contributed by atoms with Crippen LogP contribution in [0.5, 0.6) is 11.5 Å². The third-order valence-corrected chi connectivity index (χ3v) is 5.63. The molecule has 1 atom stereocenters. The molecule has 0 fully saturated rings. The maximum atomic E-state index is 12.2. The van der Waals surface area contributed by atoms with Gasteiger partial charge in [-0.1, -0.05) is 66.7 Å². The molecule has 4 rings (SSSR count). The van der Waals surface area contributed by atoms with Crippen molar-refractivity contribution in [3.05, 3.63) is 108 Å². The van der Waals surface area contributed by atoms with E-state index < -0.39 is 11.6 Å². The average molecular weight is 399 g/mol. The van der Waals surface area contributed by atoms with E-state index in [0.29, 0.717) is 22.6 Å². The topological polar surface area (TPSA) is 64.7 Å². The summed E-state index contributed by atoms with van der Waals surface area (Å²) in [5.41, 5.74) is 7.51. The summed E-state index contributed by atoms with van der Waals surface area (Å²) in [6, 6.07) is 28.1. The highest BCUT2D eigenvalue weighted by Gasteiger charge is 2.40. The first-order valence-corrected chi connectivity index (χ1v) is 9.82. The maximum Gasteiger partial charge on any atom is 0.134 e. The normalized spacial score (nSPS) is 12.5. The molecule has 0 aliphatic carbocycles. The summed E-state index contributed by atoms with van der Waals surface area (Å²) < 4.78 is 10.8. The lowest BCUT2D eigenvalue weighted by atomic mass is 9.76. The number of benzene rings is 4. The van der Waals surface area contributed by atoms with E-state index in [0.717, 1.165) is 16.3 Å². The average Bonchev–Trinajstić information content (AvgIpc) is 2.82. The van der Waals surface area contributed by atoms with Crippen LogP contribution in [0.15, 0.2) is 91.0 Å². The van der Waals surface area contributed by atoms with Crippen LogP contribution in [0.3, 0.4) is 0 Å². The van der Waals surface area contributed by atoms with E-state index in [1.807, 2.05) is 91.0 Å². The summed E-state index contributed by atoms with van der Waals surface area (Å²) in [5, 5.41) is 14.3. The lowest BCUT2D eigenvalue weighted by molar-refractivity contribution is 0.0512. The second-order valence-electron chi connectivity index (χ2n) is 7.28. The Bertz CT molecular complexity index is 1120. The highest BCUT2D eigenvalue weighted by atomic mass is 16.5. The van der Waals surface area contributed by atoms with Crippen molar-refractivity contribution in [2.24, 2.45) is 5.73 Å². The fraction of sp³-hybridized carbons (Fsp3) is 0.154. The third-order valence-electron chi connectivity index (χ3n) is 5.63. The van der Waals surface area contributed by atoms with Crippen molar-refractivity contribution in [3.63, 3.8) is 0 Å². The zero-order valence-corrected chi connectivity index (χ0v) is 17.1. The SMILES string of the molecule is COc1cccc(C(O)(c2cccc(OC)c2)C(N)c2cccc3ccccc23)c1. The molecule has 4 heteroatoms. The molecule has 0 bridgehead atoms. The Balaban J connectivity index is 1.96. The maximum absolute atomic E-state index is 12.2. The molecule has 0 heterocycles. The molecule has 0 saturated heterocycles. The van der Waals surface area contributed by atoms with Gasteiger partial charge in [-0.15, -0.1) is 0 Å². The van der Waals surface area contributed by atoms with Crippen LogP contribution in [0, 0.1) is 0 Å². The Kier molecular flexibility index (Phi) is 5.44. The van der Waals surface area contributed by atoms with E-state index in [9.17, 15) is 5.11 Å². The summed E-state index contributed by atoms with van der Waals surface area (Å²) in [7, 11) is 3.21. The number of hydrogen-bond donors (Lipinski definition) is 2. The van der Waals surface area contributed by atoms with Crippen molar-refractivity contribution >= 4 is 10.8 Å². The van der Waals surface area contributed by atoms with Gasteiger partial charge in [0.1, 0.15) is 17.1 Å². The van der Waals surface area contributed by atoms with Gasteiger partial charge in [0, 0.05) is 0 Å². The molecule has 1 unspecified atom stereocenters. The Morgan fingerprint density at radius 2 is 1.27 bits per heavy atom. The first-order valence-electron chi connectivity index (χ1n) is 9.82. The molecule has 0 aromatic heterocycles. The first kappa shape index (κ1) is 20.0. The van der Waals surface area contributed by atoms with Crippen LogP contribution in [-0.4, -0.2) is 19.3 Å². The molecule has 0 amide bonds. The van der Waals surface area contributed by atoms with Crippen molar-refractivity contribution in [3.8, 4) is 11.5 Å². The van der Waals surface area contributed by atoms with Crippen molar-refractivity contribution in [1.82, 2.24) is 0 Å². The van der Waals surface area contributed by atoms with Gasteiger partial charge < -0.3 is 20.3 Å². The molecule has 3 N–H and O–H groups in total. The molecule has 0 aliphatic rings. The fourth-order valence-electron chi connectivity index (χ4n) is 3.99. The standard InChI is InChI=1S/C26H25NO3/c1-29-21-12-6-10-19(16-21)26(28,20-11-7-13-22(17-20)30-2)25(27)24-15-5-9-18-8-3-4-14-23(18)24/h3-17,25,28H,27H2,1-2H3. The summed E-state index contributed by atoms with van der Waals surface area (Å²) >= 11 is 0. The molecule has 0 saturated carbocycles. The van der Waals surface area contributed by atoms with Gasteiger partial charge >= 0.3 is 0 Å². The lowest BCUT2D eigenvalue weighted by Crippen LogP contribution is -2.40. The van der Waals surface area contributed by atoms with Gasteiger partial charge in [0.15, 0.2) is 0 Å². The highest BCUT2D eigenvalue weighted by Crippen LogP contribution is 2.43. The molecule has 0 spiro atoms. The van der Waals surface area contributed by atoms with E-state index >= 15 is 0 Å². The molecular formula is C26H25NO3. The molecular weight excluding hydrogens is 374 g/mol. The minimum atomic E-state index is -1.51. The Morgan fingerprint density at radius 1 is 0.733 bits per heavy atom. The molecule has 0 radical (unpaired) electrons. The van der Waals surface area contributed by atoms with Gasteiger partial charge in [-0.2, -0.15) is 0 Å². The van der Waals surface area contributed by atoms with Gasteiger partial charge in [-0.25, -0.2) is 0 Å². The smallest absolute Gasteiger partial charge is 0.134 e. The number of aliphatic hydroxyl groups is 1. The molecule has 0 aliphatic heterocycles. The van der Waals surface area contributed by atoms with Crippen LogP contribution in [0.1, 0.15) is 22.7 Å². The van der Waals surface area contributed by atoms with E-state index in [1.54, 1.807) is 14.2 Å². The van der Waals surface area contributed by atoms with Crippen LogP contribution in [0.4, 0.5) is 0 Å². The summed E-state index contributed by atoms with van der Waals surface area (Å²) in [6.45, 7) is 0. The monoisotopic (exact) mass is 399 g/mol. The number of ether oxygens (including phenoxy) is 2. The van der Waals surface area contributed by atoms with E-state index in [-0.39, 0.29) is 0 Å². The summed E-state index contributed by atoms with van der Waals surface area (Å²) in [5.74, 6) is 1.30. The number of fused-ring (bicyclic) bond motifs is 1. The second-order valence-corrected chi connectivity index (χ2v) is 7.28. The van der Waals surface area contributed by atoms with Crippen LogP contribution >= 0.6 is 0 Å². The van der Waals surface area contributed by atoms with Gasteiger partial charge in [0.05, 0.1) is 20.3 Å². The minimum absolute atomic E-state index is 0.649. The largest absolute Gasteiger partial charge is 0.497 e. The third kappa shape index (κ3) is 3.41. The number of hydrogen-bond acceptors (Lipinski definition) is 4. The number of nitrogens with two attached hydrogens (primary N) is 1. The first-order chi connectivity index (χ1) is 14.6. The van der Waals surface area contributed by atoms with Crippen molar-refractivity contribution in [2.75, 3.05) is 14.2 Å². The molecule has 4 aromatic carbocycles. The van der Waals surface area contributed by atoms with E-state index in [4.69, 9.17) is 15.2 Å². The summed E-state index contributed by atoms with van der Waals surface area (Å²) in [4.78, 5) is 0. The Labute approximate surface area is 176 Å². The molecule has 30 heavy (non-hydrogen) atoms. The Morgan fingerprint density at radius 3 is 1.87 bits per heavy atom. The van der Waals surface area contributed by atoms with Crippen molar-refractivity contribution < 1.29 is 14.6 Å². The minimum Gasteiger partial charge on any atom is -0.497 e. The fourth-order valence-corrected chi connectivity index (χ4v) is 3.99. The van der Waals surface area contributed by atoms with Crippen molar-refractivity contribution in [2.45, 2.75) is 11.6 Å². The van der Waals surface area contributed by atoms with Crippen LogP contribution in [0.2, 0.25) is 0 Å². The molecule has 4 nitrogen and oxygen atoms in total. The lowest BCUT2D eigenvalue weighted by Gasteiger charge is -2.36. The highest BCUT2D eigenvalue weighted by molar-refractivity contribution is 5.86. The quantitative estimate of drug-likeness (QED) is 0.489. The number of methoxy groups -OCH3 is 2. The predicted molar refractivity (Wildman–Crippen MR) is 120 cm³/mol. The molecule has 4 aromatic rings. The van der Waals surface area contributed by atoms with E-state index in [2.05, 4.69) is 0 Å². The molecule has 152 valence electrons. The van der Waals surface area contributed by atoms with Crippen molar-refractivity contribution in [1.29, 1.82) is 0 Å². The zero-order valence-electron chi connectivity index (χ0n) is 17.1. The van der Waals surface area contributed by atoms with Crippen LogP contribution < -0.4 is 15.2 Å². The number of rotatable bonds is 6. The van der Waals surface area contributed by atoms with E-state index in [1.165, 1.54) is 0 Å². The van der Waals surface area contributed by atoms with Gasteiger partial charge in [0.2, 0.25) is 0 Å². The predicted octanol–water partition coefficient (Wildman–Crippen LogP) is 4.79. The zero-order chi connectivity index (χ0) is 21.1. The van der Waals surface area contributed by atoms with Gasteiger partial charge in [-0.3, -0.25) is 0 Å². The van der Waals surface area contributed by atoms with Crippen LogP contribution in [-0.2, 0) is 5.60 Å². The van der Waals surface area contributed by atoms with Crippen LogP contribution in [0.25, 0.3) is 10.8 Å². The Hall–Kier alpha value is -3.34. The van der Waals surface area contributed by atoms with Gasteiger partial charge in [-0.05, 0) is 51.7 Å². The summed E-state index contributed by atoms with van der Waals surface area (Å²) in [6.07, 6.45) is 0. The van der Waals surface area contributed by atoms with Gasteiger partial charge in [0.25, 0.3) is 0 Å². The second kappa shape index (κ2) is 8.19.